The highest BCUT2D eigenvalue weighted by atomic mass is 32.1. The van der Waals surface area contributed by atoms with Crippen molar-refractivity contribution in [3.63, 3.8) is 0 Å². The summed E-state index contributed by atoms with van der Waals surface area (Å²) in [5.74, 6) is -1.31. The van der Waals surface area contributed by atoms with E-state index < -0.39 is 23.5 Å². The lowest BCUT2D eigenvalue weighted by atomic mass is 10.1. The predicted molar refractivity (Wildman–Crippen MR) is 116 cm³/mol. The van der Waals surface area contributed by atoms with Crippen LogP contribution in [0, 0.1) is 0 Å². The molecule has 7 nitrogen and oxygen atoms in total. The number of carboxylic acids is 1. The number of thiophene rings is 1. The van der Waals surface area contributed by atoms with Crippen molar-refractivity contribution in [3.05, 3.63) is 82.0 Å². The van der Waals surface area contributed by atoms with Crippen LogP contribution in [0.5, 0.6) is 0 Å². The van der Waals surface area contributed by atoms with Crippen molar-refractivity contribution in [2.45, 2.75) is 13.0 Å². The van der Waals surface area contributed by atoms with E-state index >= 15 is 0 Å². The summed E-state index contributed by atoms with van der Waals surface area (Å²) in [5, 5.41) is 13.7. The molecule has 4 aromatic rings. The molecule has 1 atom stereocenters. The minimum Gasteiger partial charge on any atom is -0.478 e. The van der Waals surface area contributed by atoms with Crippen molar-refractivity contribution in [1.82, 2.24) is 9.55 Å². The number of rotatable bonds is 5. The Morgan fingerprint density at radius 2 is 1.70 bits per heavy atom. The highest BCUT2D eigenvalue weighted by Gasteiger charge is 2.26. The van der Waals surface area contributed by atoms with Gasteiger partial charge >= 0.3 is 5.97 Å². The fourth-order valence-corrected chi connectivity index (χ4v) is 4.10. The van der Waals surface area contributed by atoms with Crippen LogP contribution >= 0.6 is 11.3 Å². The monoisotopic (exact) mass is 419 g/mol. The molecule has 0 saturated carbocycles. The predicted octanol–water partition coefficient (Wildman–Crippen LogP) is 4.02. The Kier molecular flexibility index (Phi) is 5.16. The second-order valence-corrected chi connectivity index (χ2v) is 7.50. The number of amides is 1. The number of carbonyl (C=O) groups excluding carboxylic acids is 1. The third kappa shape index (κ3) is 3.48. The minimum absolute atomic E-state index is 0.00606. The first-order valence-corrected chi connectivity index (χ1v) is 10.0. The maximum Gasteiger partial charge on any atom is 0.337 e. The first-order chi connectivity index (χ1) is 14.5. The van der Waals surface area contributed by atoms with Gasteiger partial charge in [-0.3, -0.25) is 14.2 Å². The molecule has 150 valence electrons. The molecule has 2 heterocycles. The lowest BCUT2D eigenvalue weighted by molar-refractivity contribution is -0.118. The Balaban J connectivity index is 1.90. The van der Waals surface area contributed by atoms with Gasteiger partial charge < -0.3 is 10.4 Å². The number of anilines is 1. The van der Waals surface area contributed by atoms with E-state index in [9.17, 15) is 19.5 Å². The quantitative estimate of drug-likeness (QED) is 0.509. The van der Waals surface area contributed by atoms with Gasteiger partial charge in [0.05, 0.1) is 10.9 Å². The van der Waals surface area contributed by atoms with Crippen LogP contribution < -0.4 is 10.9 Å². The number of nitrogens with one attached hydrogen (secondary N) is 1. The molecule has 0 aliphatic heterocycles. The topological polar surface area (TPSA) is 101 Å². The molecule has 2 aromatic carbocycles. The highest BCUT2D eigenvalue weighted by molar-refractivity contribution is 7.17. The fourth-order valence-electron chi connectivity index (χ4n) is 3.20. The molecule has 0 aliphatic rings. The molecular formula is C22H17N3O4S. The van der Waals surface area contributed by atoms with Gasteiger partial charge in [-0.2, -0.15) is 0 Å². The third-order valence-electron chi connectivity index (χ3n) is 4.71. The number of carboxylic acid groups (broad SMARTS) is 1. The van der Waals surface area contributed by atoms with Gasteiger partial charge in [0.25, 0.3) is 5.56 Å². The molecule has 4 rings (SSSR count). The third-order valence-corrected chi connectivity index (χ3v) is 5.58. The zero-order valence-corrected chi connectivity index (χ0v) is 16.7. The van der Waals surface area contributed by atoms with Crippen LogP contribution in [0.1, 0.15) is 23.3 Å². The van der Waals surface area contributed by atoms with E-state index in [4.69, 9.17) is 0 Å². The summed E-state index contributed by atoms with van der Waals surface area (Å²) in [6, 6.07) is 17.0. The Labute approximate surface area is 175 Å². The number of fused-ring (bicyclic) bond motifs is 1. The van der Waals surface area contributed by atoms with E-state index in [1.165, 1.54) is 9.95 Å². The summed E-state index contributed by atoms with van der Waals surface area (Å²) in [4.78, 5) is 42.8. The van der Waals surface area contributed by atoms with Crippen LogP contribution in [0.4, 0.5) is 5.69 Å². The van der Waals surface area contributed by atoms with Gasteiger partial charge in [0.15, 0.2) is 0 Å². The molecule has 2 aromatic heterocycles. The maximum atomic E-state index is 13.4. The SMILES string of the molecule is CC(C(=O)Nc1ccccc1)n1c(-c2ccccc2)nc2scc(C(=O)O)c2c1=O. The average molecular weight is 419 g/mol. The second kappa shape index (κ2) is 7.92. The molecule has 30 heavy (non-hydrogen) atoms. The largest absolute Gasteiger partial charge is 0.478 e. The summed E-state index contributed by atoms with van der Waals surface area (Å²) in [5.41, 5.74) is 0.574. The van der Waals surface area contributed by atoms with Gasteiger partial charge in [-0.15, -0.1) is 11.3 Å². The Morgan fingerprint density at radius 3 is 2.33 bits per heavy atom. The Hall–Kier alpha value is -3.78. The van der Waals surface area contributed by atoms with Gasteiger partial charge in [0.1, 0.15) is 16.7 Å². The molecule has 0 fully saturated rings. The molecular weight excluding hydrogens is 402 g/mol. The van der Waals surface area contributed by atoms with E-state index in [0.717, 1.165) is 11.3 Å². The molecule has 0 bridgehead atoms. The van der Waals surface area contributed by atoms with Gasteiger partial charge in [-0.25, -0.2) is 9.78 Å². The van der Waals surface area contributed by atoms with Crippen LogP contribution in [-0.2, 0) is 4.79 Å². The van der Waals surface area contributed by atoms with Gasteiger partial charge in [0.2, 0.25) is 5.91 Å². The minimum atomic E-state index is -1.21. The van der Waals surface area contributed by atoms with Crippen molar-refractivity contribution < 1.29 is 14.7 Å². The van der Waals surface area contributed by atoms with E-state index in [0.29, 0.717) is 21.9 Å². The summed E-state index contributed by atoms with van der Waals surface area (Å²) in [7, 11) is 0. The van der Waals surface area contributed by atoms with Crippen LogP contribution in [0.3, 0.4) is 0 Å². The lowest BCUT2D eigenvalue weighted by Gasteiger charge is -2.19. The summed E-state index contributed by atoms with van der Waals surface area (Å²) in [6.45, 7) is 1.59. The molecule has 2 N–H and O–H groups in total. The van der Waals surface area contributed by atoms with Crippen LogP contribution in [0.25, 0.3) is 21.6 Å². The molecule has 8 heteroatoms. The summed E-state index contributed by atoms with van der Waals surface area (Å²) >= 11 is 1.09. The number of carbonyl (C=O) groups is 2. The van der Waals surface area contributed by atoms with Crippen molar-refractivity contribution in [2.75, 3.05) is 5.32 Å². The number of hydrogen-bond donors (Lipinski definition) is 2. The number of hydrogen-bond acceptors (Lipinski definition) is 5. The first kappa shape index (κ1) is 19.5. The smallest absolute Gasteiger partial charge is 0.337 e. The Morgan fingerprint density at radius 1 is 1.07 bits per heavy atom. The van der Waals surface area contributed by atoms with Crippen molar-refractivity contribution >= 4 is 39.1 Å². The number of benzene rings is 2. The number of aromatic carboxylic acids is 1. The molecule has 1 unspecified atom stereocenters. The summed E-state index contributed by atoms with van der Waals surface area (Å²) < 4.78 is 1.26. The highest BCUT2D eigenvalue weighted by Crippen LogP contribution is 2.27. The van der Waals surface area contributed by atoms with E-state index in [-0.39, 0.29) is 10.9 Å². The molecule has 0 saturated heterocycles. The number of nitrogens with zero attached hydrogens (tertiary/aromatic N) is 2. The standard InChI is InChI=1S/C22H17N3O4S/c1-13(19(26)23-15-10-6-3-7-11-15)25-18(14-8-4-2-5-9-14)24-20-17(21(25)27)16(12-30-20)22(28)29/h2-13H,1H3,(H,23,26)(H,28,29). The molecule has 1 amide bonds. The van der Waals surface area contributed by atoms with Crippen LogP contribution in [-0.4, -0.2) is 26.5 Å². The van der Waals surface area contributed by atoms with Gasteiger partial charge in [0, 0.05) is 16.6 Å². The molecule has 0 spiro atoms. The lowest BCUT2D eigenvalue weighted by Crippen LogP contribution is -2.33. The molecule has 0 aliphatic carbocycles. The molecule has 0 radical (unpaired) electrons. The second-order valence-electron chi connectivity index (χ2n) is 6.64. The number of para-hydroxylation sites is 1. The number of aromatic nitrogens is 2. The first-order valence-electron chi connectivity index (χ1n) is 9.15. The summed E-state index contributed by atoms with van der Waals surface area (Å²) in [6.07, 6.45) is 0. The van der Waals surface area contributed by atoms with E-state index in [2.05, 4.69) is 10.3 Å². The Bertz CT molecular complexity index is 1300. The van der Waals surface area contributed by atoms with E-state index in [1.54, 1.807) is 43.3 Å². The zero-order chi connectivity index (χ0) is 21.3. The van der Waals surface area contributed by atoms with Gasteiger partial charge in [-0.1, -0.05) is 48.5 Å². The van der Waals surface area contributed by atoms with Crippen molar-refractivity contribution in [1.29, 1.82) is 0 Å². The van der Waals surface area contributed by atoms with E-state index in [1.807, 2.05) is 24.3 Å². The van der Waals surface area contributed by atoms with Gasteiger partial charge in [-0.05, 0) is 19.1 Å². The van der Waals surface area contributed by atoms with Crippen LogP contribution in [0.2, 0.25) is 0 Å². The fraction of sp³-hybridized carbons (Fsp3) is 0.0909. The average Bonchev–Trinajstić information content (AvgIpc) is 3.19. The maximum absolute atomic E-state index is 13.4. The van der Waals surface area contributed by atoms with Crippen LogP contribution in [0.15, 0.2) is 70.8 Å². The van der Waals surface area contributed by atoms with Crippen molar-refractivity contribution in [2.24, 2.45) is 0 Å². The zero-order valence-electron chi connectivity index (χ0n) is 15.9. The van der Waals surface area contributed by atoms with Crippen molar-refractivity contribution in [3.8, 4) is 11.4 Å². The normalized spacial score (nSPS) is 11.9.